The molecule has 3 heterocycles. The van der Waals surface area contributed by atoms with E-state index in [0.29, 0.717) is 6.54 Å². The predicted molar refractivity (Wildman–Crippen MR) is 122 cm³/mol. The number of Topliss-reactive ketones (excluding diaryl/α,β-unsaturated/α-hetero) is 1. The molecule has 3 aromatic rings. The number of halogens is 3. The Morgan fingerprint density at radius 3 is 2.59 bits per heavy atom. The number of carbonyl (C=O) groups excluding carboxylic acids is 2. The number of carbonyl (C=O) groups is 2. The van der Waals surface area contributed by atoms with Gasteiger partial charge in [-0.25, -0.2) is 4.79 Å². The van der Waals surface area contributed by atoms with Gasteiger partial charge < -0.3 is 16.0 Å². The second-order valence-corrected chi connectivity index (χ2v) is 7.30. The van der Waals surface area contributed by atoms with E-state index in [-0.39, 0.29) is 18.0 Å². The Kier molecular flexibility index (Phi) is 7.96. The van der Waals surface area contributed by atoms with Crippen molar-refractivity contribution in [2.24, 2.45) is 0 Å². The molecule has 0 radical (unpaired) electrons. The first-order chi connectivity index (χ1) is 16.2. The minimum Gasteiger partial charge on any atom is -0.383 e. The standard InChI is InChI=1S/C15H14F3N3O.C9H8N2O/c1-10-7-11(5-6-19-10)9-20-14(22)21-13-4-2-3-12(8-13)15(16,17)18;12-9-6-11-5-8(9)7-2-1-3-10-4-7/h2-8H,9H2,1H3,(H2,20,21,22);1-5,11H,6H2. The van der Waals surface area contributed by atoms with Crippen LogP contribution in [0.4, 0.5) is 23.7 Å². The summed E-state index contributed by atoms with van der Waals surface area (Å²) in [6.45, 7) is 2.49. The van der Waals surface area contributed by atoms with Crippen LogP contribution in [0.2, 0.25) is 0 Å². The van der Waals surface area contributed by atoms with Gasteiger partial charge >= 0.3 is 12.2 Å². The highest BCUT2D eigenvalue weighted by Crippen LogP contribution is 2.30. The van der Waals surface area contributed by atoms with Crippen LogP contribution in [-0.2, 0) is 17.5 Å². The summed E-state index contributed by atoms with van der Waals surface area (Å²) in [7, 11) is 0. The molecule has 2 aromatic heterocycles. The number of amides is 2. The number of aromatic nitrogens is 2. The van der Waals surface area contributed by atoms with Crippen molar-refractivity contribution in [1.29, 1.82) is 0 Å². The van der Waals surface area contributed by atoms with Crippen molar-refractivity contribution in [2.75, 3.05) is 11.9 Å². The Labute approximate surface area is 194 Å². The zero-order valence-corrected chi connectivity index (χ0v) is 18.2. The lowest BCUT2D eigenvalue weighted by molar-refractivity contribution is -0.137. The van der Waals surface area contributed by atoms with Crippen molar-refractivity contribution in [3.63, 3.8) is 0 Å². The van der Waals surface area contributed by atoms with Gasteiger partial charge in [0.1, 0.15) is 0 Å². The van der Waals surface area contributed by atoms with E-state index in [1.165, 1.54) is 12.1 Å². The Morgan fingerprint density at radius 2 is 1.94 bits per heavy atom. The lowest BCUT2D eigenvalue weighted by Crippen LogP contribution is -2.28. The van der Waals surface area contributed by atoms with Gasteiger partial charge in [0.25, 0.3) is 0 Å². The summed E-state index contributed by atoms with van der Waals surface area (Å²) >= 11 is 0. The number of hydrogen-bond donors (Lipinski definition) is 3. The monoisotopic (exact) mass is 469 g/mol. The van der Waals surface area contributed by atoms with Gasteiger partial charge in [0.05, 0.1) is 12.1 Å². The molecule has 0 saturated heterocycles. The van der Waals surface area contributed by atoms with Crippen LogP contribution in [0.3, 0.4) is 0 Å². The molecule has 0 saturated carbocycles. The molecule has 0 atom stereocenters. The molecule has 0 spiro atoms. The zero-order chi connectivity index (χ0) is 24.6. The summed E-state index contributed by atoms with van der Waals surface area (Å²) < 4.78 is 37.7. The largest absolute Gasteiger partial charge is 0.416 e. The molecular formula is C24H22F3N5O2. The highest BCUT2D eigenvalue weighted by molar-refractivity contribution is 6.23. The number of urea groups is 1. The zero-order valence-electron chi connectivity index (χ0n) is 18.2. The molecule has 1 aromatic carbocycles. The quantitative estimate of drug-likeness (QED) is 0.529. The number of rotatable bonds is 4. The maximum atomic E-state index is 12.6. The maximum absolute atomic E-state index is 12.6. The number of benzene rings is 1. The van der Waals surface area contributed by atoms with E-state index < -0.39 is 17.8 Å². The molecule has 0 unspecified atom stereocenters. The lowest BCUT2D eigenvalue weighted by Gasteiger charge is -2.11. The highest BCUT2D eigenvalue weighted by Gasteiger charge is 2.30. The third-order valence-corrected chi connectivity index (χ3v) is 4.64. The maximum Gasteiger partial charge on any atom is 0.416 e. The van der Waals surface area contributed by atoms with Crippen LogP contribution in [0.25, 0.3) is 5.57 Å². The molecule has 0 bridgehead atoms. The van der Waals surface area contributed by atoms with E-state index in [9.17, 15) is 22.8 Å². The molecule has 1 aliphatic rings. The molecule has 176 valence electrons. The normalized spacial score (nSPS) is 12.7. The number of pyridine rings is 2. The van der Waals surface area contributed by atoms with Crippen molar-refractivity contribution in [3.05, 3.63) is 95.7 Å². The van der Waals surface area contributed by atoms with Crippen molar-refractivity contribution in [3.8, 4) is 0 Å². The van der Waals surface area contributed by atoms with Crippen molar-refractivity contribution in [1.82, 2.24) is 20.6 Å². The number of nitrogens with one attached hydrogen (secondary N) is 3. The highest BCUT2D eigenvalue weighted by atomic mass is 19.4. The number of ketones is 1. The Hall–Kier alpha value is -4.21. The minimum absolute atomic E-state index is 0.0817. The lowest BCUT2D eigenvalue weighted by atomic mass is 10.1. The molecule has 3 N–H and O–H groups in total. The van der Waals surface area contributed by atoms with E-state index in [0.717, 1.165) is 34.5 Å². The molecule has 2 amide bonds. The molecule has 1 aliphatic heterocycles. The first-order valence-electron chi connectivity index (χ1n) is 10.2. The summed E-state index contributed by atoms with van der Waals surface area (Å²) in [6.07, 6.45) is 2.30. The van der Waals surface area contributed by atoms with Gasteiger partial charge in [0.2, 0.25) is 0 Å². The van der Waals surface area contributed by atoms with E-state index in [1.807, 2.05) is 25.1 Å². The van der Waals surface area contributed by atoms with Gasteiger partial charge in [0, 0.05) is 53.9 Å². The van der Waals surface area contributed by atoms with Gasteiger partial charge in [-0.05, 0) is 48.9 Å². The van der Waals surface area contributed by atoms with E-state index in [2.05, 4.69) is 25.9 Å². The van der Waals surface area contributed by atoms with Crippen LogP contribution in [-0.4, -0.2) is 28.3 Å². The Balaban J connectivity index is 0.000000226. The van der Waals surface area contributed by atoms with Gasteiger partial charge in [-0.15, -0.1) is 0 Å². The van der Waals surface area contributed by atoms with E-state index >= 15 is 0 Å². The average Bonchev–Trinajstić information content (AvgIpc) is 3.24. The second-order valence-electron chi connectivity index (χ2n) is 7.30. The SMILES string of the molecule is Cc1cc(CNC(=O)Nc2cccc(C(F)(F)F)c2)ccn1.O=C1CNC=C1c1cccnc1. The predicted octanol–water partition coefficient (Wildman–Crippen LogP) is 4.33. The van der Waals surface area contributed by atoms with Crippen molar-refractivity contribution < 1.29 is 22.8 Å². The van der Waals surface area contributed by atoms with E-state index in [1.54, 1.807) is 30.9 Å². The second kappa shape index (κ2) is 11.1. The third kappa shape index (κ3) is 7.16. The minimum atomic E-state index is -4.44. The Morgan fingerprint density at radius 1 is 1.12 bits per heavy atom. The van der Waals surface area contributed by atoms with Crippen LogP contribution >= 0.6 is 0 Å². The fraction of sp³-hybridized carbons (Fsp3) is 0.167. The van der Waals surface area contributed by atoms with Crippen LogP contribution in [0, 0.1) is 6.92 Å². The number of nitrogens with zero attached hydrogens (tertiary/aromatic N) is 2. The Bertz CT molecular complexity index is 1180. The van der Waals surface area contributed by atoms with Gasteiger partial charge in [-0.3, -0.25) is 14.8 Å². The molecule has 10 heteroatoms. The number of hydrogen-bond acceptors (Lipinski definition) is 5. The summed E-state index contributed by atoms with van der Waals surface area (Å²) in [5.74, 6) is 0.128. The van der Waals surface area contributed by atoms with Gasteiger partial charge in [-0.1, -0.05) is 12.1 Å². The van der Waals surface area contributed by atoms with Crippen molar-refractivity contribution in [2.45, 2.75) is 19.6 Å². The first kappa shape index (κ1) is 24.4. The molecule has 7 nitrogen and oxygen atoms in total. The van der Waals surface area contributed by atoms with E-state index in [4.69, 9.17) is 0 Å². The average molecular weight is 469 g/mol. The summed E-state index contributed by atoms with van der Waals surface area (Å²) in [6, 6.07) is 11.1. The van der Waals surface area contributed by atoms with Crippen LogP contribution < -0.4 is 16.0 Å². The van der Waals surface area contributed by atoms with Gasteiger partial charge in [0.15, 0.2) is 5.78 Å². The third-order valence-electron chi connectivity index (χ3n) is 4.64. The first-order valence-corrected chi connectivity index (χ1v) is 10.2. The molecule has 34 heavy (non-hydrogen) atoms. The molecule has 4 rings (SSSR count). The molecular weight excluding hydrogens is 447 g/mol. The number of anilines is 1. The summed E-state index contributed by atoms with van der Waals surface area (Å²) in [4.78, 5) is 30.9. The van der Waals surface area contributed by atoms with Crippen molar-refractivity contribution >= 4 is 23.1 Å². The summed E-state index contributed by atoms with van der Waals surface area (Å²) in [5, 5.41) is 7.83. The fourth-order valence-corrected chi connectivity index (χ4v) is 3.03. The fourth-order valence-electron chi connectivity index (χ4n) is 3.03. The van der Waals surface area contributed by atoms with Gasteiger partial charge in [-0.2, -0.15) is 13.2 Å². The summed E-state index contributed by atoms with van der Waals surface area (Å²) in [5.41, 5.74) is 2.55. The smallest absolute Gasteiger partial charge is 0.383 e. The van der Waals surface area contributed by atoms with Crippen LogP contribution in [0.15, 0.2) is 73.3 Å². The molecule has 0 fully saturated rings. The number of alkyl halides is 3. The molecule has 0 aliphatic carbocycles. The van der Waals surface area contributed by atoms with Crippen LogP contribution in [0.1, 0.15) is 22.4 Å². The van der Waals surface area contributed by atoms with Crippen LogP contribution in [0.5, 0.6) is 0 Å². The topological polar surface area (TPSA) is 96.0 Å². The number of aryl methyl sites for hydroxylation is 1.